The number of β-amino-alcohol motifs (C(OH)–C–C–N with tert-alkyl or cyclic N) is 1. The van der Waals surface area contributed by atoms with E-state index in [9.17, 15) is 19.5 Å². The van der Waals surface area contributed by atoms with Crippen LogP contribution in [0.2, 0.25) is 0 Å². The van der Waals surface area contributed by atoms with E-state index in [1.807, 2.05) is 102 Å². The molecule has 0 radical (unpaired) electrons. The molecule has 2 unspecified atom stereocenters. The Hall–Kier alpha value is -5.09. The molecule has 380 valence electrons. The van der Waals surface area contributed by atoms with Gasteiger partial charge in [0.15, 0.2) is 0 Å². The molecule has 2 aromatic heterocycles. The van der Waals surface area contributed by atoms with Crippen LogP contribution in [0.5, 0.6) is 5.75 Å². The Morgan fingerprint density at radius 1 is 0.786 bits per heavy atom. The number of carbonyl (C=O) groups is 3. The second-order valence-electron chi connectivity index (χ2n) is 17.8. The molecule has 0 aliphatic carbocycles. The zero-order chi connectivity index (χ0) is 49.9. The number of aromatic nitrogens is 2. The van der Waals surface area contributed by atoms with Crippen molar-refractivity contribution in [3.63, 3.8) is 0 Å². The molecule has 19 heteroatoms. The number of hydrogen-bond acceptors (Lipinski definition) is 16. The van der Waals surface area contributed by atoms with Crippen LogP contribution in [0.15, 0.2) is 72.2 Å². The number of nitrogens with zero attached hydrogens (tertiary/aromatic N) is 3. The Morgan fingerprint density at radius 2 is 1.37 bits per heavy atom. The lowest BCUT2D eigenvalue weighted by molar-refractivity contribution is -0.144. The predicted molar refractivity (Wildman–Crippen MR) is 271 cm³/mol. The van der Waals surface area contributed by atoms with Crippen LogP contribution in [-0.2, 0) is 42.8 Å². The van der Waals surface area contributed by atoms with Crippen molar-refractivity contribution in [2.45, 2.75) is 65.3 Å². The average molecular weight is 1010 g/mol. The van der Waals surface area contributed by atoms with E-state index in [1.165, 1.54) is 4.90 Å². The Balaban J connectivity index is 0.749. The Kier molecular flexibility index (Phi) is 21.3. The molecule has 1 fully saturated rings. The maximum Gasteiger partial charge on any atom is 0.246 e. The van der Waals surface area contributed by atoms with Gasteiger partial charge in [0.05, 0.1) is 111 Å². The molecule has 1 saturated heterocycles. The number of nitrogens with one attached hydrogen (secondary N) is 3. The third-order valence-corrected chi connectivity index (χ3v) is 13.5. The summed E-state index contributed by atoms with van der Waals surface area (Å²) in [6, 6.07) is 19.8. The quantitative estimate of drug-likeness (QED) is 0.0390. The second-order valence-corrected chi connectivity index (χ2v) is 19.7. The molecule has 4 atom stereocenters. The lowest BCUT2D eigenvalue weighted by atomic mass is 9.85. The van der Waals surface area contributed by atoms with Crippen LogP contribution in [-0.4, -0.2) is 155 Å². The molecule has 4 N–H and O–H groups in total. The average Bonchev–Trinajstić information content (AvgIpc) is 4.10. The van der Waals surface area contributed by atoms with Crippen LogP contribution in [0, 0.1) is 12.3 Å². The highest BCUT2D eigenvalue weighted by atomic mass is 32.1. The third kappa shape index (κ3) is 16.5. The summed E-state index contributed by atoms with van der Waals surface area (Å²) in [5, 5.41) is 20.5. The monoisotopic (exact) mass is 1000 g/mol. The summed E-state index contributed by atoms with van der Waals surface area (Å²) in [6.45, 7) is 13.6. The Bertz CT molecular complexity index is 2390. The lowest BCUT2D eigenvalue weighted by Gasteiger charge is -2.35. The van der Waals surface area contributed by atoms with Crippen molar-refractivity contribution >= 4 is 56.3 Å². The fraction of sp³-hybridized carbons (Fsp3) is 0.510. The zero-order valence-corrected chi connectivity index (χ0v) is 42.7. The maximum atomic E-state index is 14.0. The molecule has 0 spiro atoms. The molecular formula is C51H68N6O11S2. The molecule has 1 aliphatic heterocycles. The largest absolute Gasteiger partial charge is 0.491 e. The van der Waals surface area contributed by atoms with Crippen LogP contribution in [0.3, 0.4) is 0 Å². The van der Waals surface area contributed by atoms with Gasteiger partial charge in [-0.2, -0.15) is 0 Å². The van der Waals surface area contributed by atoms with Gasteiger partial charge in [0, 0.05) is 31.3 Å². The topological polar surface area (TPSA) is 201 Å². The summed E-state index contributed by atoms with van der Waals surface area (Å²) in [6.07, 6.45) is -0.783. The number of aliphatic hydroxyl groups excluding tert-OH is 1. The molecule has 1 aliphatic rings. The van der Waals surface area contributed by atoms with Gasteiger partial charge in [-0.15, -0.1) is 22.7 Å². The summed E-state index contributed by atoms with van der Waals surface area (Å²) < 4.78 is 40.4. The predicted octanol–water partition coefficient (Wildman–Crippen LogP) is 6.29. The molecule has 0 saturated carbocycles. The van der Waals surface area contributed by atoms with Gasteiger partial charge in [-0.25, -0.2) is 9.97 Å². The number of thiazole rings is 2. The highest BCUT2D eigenvalue weighted by molar-refractivity contribution is 7.21. The summed E-state index contributed by atoms with van der Waals surface area (Å²) in [5.74, 6) is -0.515. The van der Waals surface area contributed by atoms with Crippen LogP contribution in [0.4, 0.5) is 5.69 Å². The summed E-state index contributed by atoms with van der Waals surface area (Å²) >= 11 is 3.21. The number of anilines is 1. The number of likely N-dealkylation sites (tertiary alicyclic amines) is 1. The minimum Gasteiger partial charge on any atom is -0.491 e. The fourth-order valence-electron chi connectivity index (χ4n) is 7.60. The van der Waals surface area contributed by atoms with E-state index < -0.39 is 35.4 Å². The van der Waals surface area contributed by atoms with Crippen molar-refractivity contribution < 1.29 is 52.6 Å². The van der Waals surface area contributed by atoms with Crippen molar-refractivity contribution in [2.24, 2.45) is 5.41 Å². The number of hydrogen-bond donors (Lipinski definition) is 4. The first-order valence-electron chi connectivity index (χ1n) is 23.7. The van der Waals surface area contributed by atoms with Crippen molar-refractivity contribution in [1.29, 1.82) is 0 Å². The summed E-state index contributed by atoms with van der Waals surface area (Å²) in [5.41, 5.74) is 7.11. The smallest absolute Gasteiger partial charge is 0.246 e. The molecule has 6 rings (SSSR count). The second kappa shape index (κ2) is 27.5. The van der Waals surface area contributed by atoms with E-state index >= 15 is 0 Å². The van der Waals surface area contributed by atoms with Crippen LogP contribution in [0.25, 0.3) is 31.2 Å². The van der Waals surface area contributed by atoms with Crippen LogP contribution in [0.1, 0.15) is 51.4 Å². The molecule has 3 amide bonds. The minimum absolute atomic E-state index is 0.0183. The molecule has 3 aromatic carbocycles. The number of amides is 3. The molecule has 5 aromatic rings. The van der Waals surface area contributed by atoms with Gasteiger partial charge < -0.3 is 59.1 Å². The van der Waals surface area contributed by atoms with Gasteiger partial charge in [0.1, 0.15) is 36.1 Å². The van der Waals surface area contributed by atoms with E-state index in [0.29, 0.717) is 66.1 Å². The van der Waals surface area contributed by atoms with Gasteiger partial charge in [-0.3, -0.25) is 14.4 Å². The fourth-order valence-corrected chi connectivity index (χ4v) is 9.41. The number of benzene rings is 3. The number of aryl methyl sites for hydroxylation is 1. The van der Waals surface area contributed by atoms with E-state index in [4.69, 9.17) is 38.1 Å². The van der Waals surface area contributed by atoms with Crippen molar-refractivity contribution in [3.05, 3.63) is 83.5 Å². The number of aliphatic hydroxyl groups is 1. The SMILES string of the molecule is CNc1ccc(-c2nc3ccc(OCCOCCOCCOCCOCCOCCOCC(=O)NC(C(=O)N4C[C@H](O)C[C@H]4C(=O)NC(C)c4ccc(-c5scnc5C)cc4)C(C)(C)C)cc3s2)cc1. The lowest BCUT2D eigenvalue weighted by Crippen LogP contribution is -2.58. The maximum absolute atomic E-state index is 14.0. The summed E-state index contributed by atoms with van der Waals surface area (Å²) in [7, 11) is 1.90. The molecule has 17 nitrogen and oxygen atoms in total. The van der Waals surface area contributed by atoms with E-state index in [0.717, 1.165) is 53.9 Å². The van der Waals surface area contributed by atoms with Gasteiger partial charge in [-0.1, -0.05) is 45.0 Å². The van der Waals surface area contributed by atoms with Crippen LogP contribution >= 0.6 is 22.7 Å². The number of carbonyl (C=O) groups excluding carboxylic acids is 3. The van der Waals surface area contributed by atoms with E-state index in [2.05, 4.69) is 33.1 Å². The third-order valence-electron chi connectivity index (χ3n) is 11.4. The first-order chi connectivity index (χ1) is 33.8. The molecular weight excluding hydrogens is 937 g/mol. The van der Waals surface area contributed by atoms with Gasteiger partial charge in [-0.05, 0) is 72.9 Å². The molecule has 70 heavy (non-hydrogen) atoms. The number of rotatable bonds is 29. The Labute approximate surface area is 418 Å². The normalized spacial score (nSPS) is 15.8. The first-order valence-corrected chi connectivity index (χ1v) is 25.4. The van der Waals surface area contributed by atoms with Crippen molar-refractivity contribution in [3.8, 4) is 26.8 Å². The van der Waals surface area contributed by atoms with Crippen molar-refractivity contribution in [2.75, 3.05) is 105 Å². The number of ether oxygens (including phenoxy) is 7. The zero-order valence-electron chi connectivity index (χ0n) is 41.0. The van der Waals surface area contributed by atoms with E-state index in [1.54, 1.807) is 22.7 Å². The minimum atomic E-state index is -0.966. The van der Waals surface area contributed by atoms with Gasteiger partial charge >= 0.3 is 0 Å². The van der Waals surface area contributed by atoms with Gasteiger partial charge in [0.2, 0.25) is 17.7 Å². The first kappa shape index (κ1) is 54.2. The Morgan fingerprint density at radius 3 is 1.94 bits per heavy atom. The van der Waals surface area contributed by atoms with Crippen LogP contribution < -0.4 is 20.7 Å². The van der Waals surface area contributed by atoms with Gasteiger partial charge in [0.25, 0.3) is 0 Å². The highest BCUT2D eigenvalue weighted by Gasteiger charge is 2.44. The summed E-state index contributed by atoms with van der Waals surface area (Å²) in [4.78, 5) is 52.1. The standard InChI is InChI=1S/C51H68N6O11S2/c1-34(36-7-9-37(10-8-36)46-35(2)53-33-69-46)54-48(60)43-29-40(58)31-57(43)50(61)47(51(3,4)5)56-45(59)32-67-26-25-65-22-21-63-18-17-62-19-20-64-23-24-66-27-28-68-41-15-16-42-44(30-41)70-49(55-42)38-11-13-39(52-6)14-12-38/h7-16,30,33-34,40,43,47,52,58H,17-29,31-32H2,1-6H3,(H,54,60)(H,56,59)/t34?,40-,43+,47?/m1/s1. The molecule has 3 heterocycles. The highest BCUT2D eigenvalue weighted by Crippen LogP contribution is 2.33. The van der Waals surface area contributed by atoms with Crippen molar-refractivity contribution in [1.82, 2.24) is 25.5 Å². The molecule has 0 bridgehead atoms. The van der Waals surface area contributed by atoms with E-state index in [-0.39, 0.29) is 44.7 Å². The number of fused-ring (bicyclic) bond motifs is 1.